The number of nitrogens with zero attached hydrogens (tertiary/aromatic N) is 3. The van der Waals surface area contributed by atoms with Crippen LogP contribution in [0.5, 0.6) is 0 Å². The lowest BCUT2D eigenvalue weighted by Gasteiger charge is -2.15. The molecule has 5 nitrogen and oxygen atoms in total. The van der Waals surface area contributed by atoms with Crippen molar-refractivity contribution in [3.05, 3.63) is 28.8 Å². The molecule has 2 heterocycles. The molecule has 0 saturated heterocycles. The second-order valence-electron chi connectivity index (χ2n) is 4.40. The molecule has 0 atom stereocenters. The molecule has 90 valence electrons. The van der Waals surface area contributed by atoms with Gasteiger partial charge in [-0.3, -0.25) is 4.98 Å². The molecule has 0 amide bonds. The standard InChI is InChI=1S/C11H13BrN4O/c1-11(2,6-13)10-15-9(16-17-10)7-3-8(12)5-14-4-7/h3-5H,6,13H2,1-2H3. The van der Waals surface area contributed by atoms with Gasteiger partial charge in [0.25, 0.3) is 0 Å². The number of hydrogen-bond acceptors (Lipinski definition) is 5. The van der Waals surface area contributed by atoms with E-state index in [2.05, 4.69) is 31.1 Å². The summed E-state index contributed by atoms with van der Waals surface area (Å²) >= 11 is 3.35. The van der Waals surface area contributed by atoms with Crippen molar-refractivity contribution in [3.8, 4) is 11.4 Å². The zero-order chi connectivity index (χ0) is 12.5. The van der Waals surface area contributed by atoms with Crippen LogP contribution in [0.2, 0.25) is 0 Å². The Hall–Kier alpha value is -1.27. The SMILES string of the molecule is CC(C)(CN)c1nc(-c2cncc(Br)c2)no1. The van der Waals surface area contributed by atoms with Crippen molar-refractivity contribution in [2.75, 3.05) is 6.54 Å². The van der Waals surface area contributed by atoms with Gasteiger partial charge in [0.1, 0.15) is 0 Å². The normalized spacial score (nSPS) is 11.8. The highest BCUT2D eigenvalue weighted by atomic mass is 79.9. The molecule has 0 radical (unpaired) electrons. The molecule has 0 aliphatic rings. The number of aromatic nitrogens is 3. The van der Waals surface area contributed by atoms with Crippen molar-refractivity contribution in [2.45, 2.75) is 19.3 Å². The minimum Gasteiger partial charge on any atom is -0.338 e. The third-order valence-electron chi connectivity index (χ3n) is 2.48. The predicted octanol–water partition coefficient (Wildman–Crippen LogP) is 2.13. The van der Waals surface area contributed by atoms with Crippen LogP contribution in [0.3, 0.4) is 0 Å². The van der Waals surface area contributed by atoms with Gasteiger partial charge in [-0.2, -0.15) is 4.98 Å². The van der Waals surface area contributed by atoms with Gasteiger partial charge in [0.05, 0.1) is 5.41 Å². The minimum atomic E-state index is -0.315. The fourth-order valence-electron chi connectivity index (χ4n) is 1.24. The molecule has 17 heavy (non-hydrogen) atoms. The number of hydrogen-bond donors (Lipinski definition) is 1. The van der Waals surface area contributed by atoms with Crippen molar-refractivity contribution in [1.82, 2.24) is 15.1 Å². The van der Waals surface area contributed by atoms with Crippen LogP contribution in [0.4, 0.5) is 0 Å². The molecular formula is C11H13BrN4O. The van der Waals surface area contributed by atoms with E-state index in [-0.39, 0.29) is 5.41 Å². The molecule has 0 aromatic carbocycles. The summed E-state index contributed by atoms with van der Waals surface area (Å²) in [6, 6.07) is 1.89. The molecule has 0 spiro atoms. The first-order valence-electron chi connectivity index (χ1n) is 5.18. The number of nitrogens with two attached hydrogens (primary N) is 1. The van der Waals surface area contributed by atoms with E-state index < -0.39 is 0 Å². The van der Waals surface area contributed by atoms with Crippen LogP contribution >= 0.6 is 15.9 Å². The molecule has 0 fully saturated rings. The smallest absolute Gasteiger partial charge is 0.233 e. The van der Waals surface area contributed by atoms with Crippen LogP contribution in [0.25, 0.3) is 11.4 Å². The van der Waals surface area contributed by atoms with Crippen molar-refractivity contribution in [1.29, 1.82) is 0 Å². The highest BCUT2D eigenvalue weighted by Gasteiger charge is 2.26. The summed E-state index contributed by atoms with van der Waals surface area (Å²) in [6.45, 7) is 4.37. The van der Waals surface area contributed by atoms with Crippen LogP contribution in [0, 0.1) is 0 Å². The van der Waals surface area contributed by atoms with Crippen molar-refractivity contribution in [3.63, 3.8) is 0 Å². The Morgan fingerprint density at radius 1 is 1.41 bits per heavy atom. The lowest BCUT2D eigenvalue weighted by molar-refractivity contribution is 0.311. The second kappa shape index (κ2) is 4.54. The van der Waals surface area contributed by atoms with E-state index in [0.29, 0.717) is 18.3 Å². The maximum atomic E-state index is 5.66. The van der Waals surface area contributed by atoms with Gasteiger partial charge in [0.2, 0.25) is 11.7 Å². The zero-order valence-corrected chi connectivity index (χ0v) is 11.2. The van der Waals surface area contributed by atoms with E-state index in [4.69, 9.17) is 10.3 Å². The molecule has 0 unspecified atom stereocenters. The van der Waals surface area contributed by atoms with Gasteiger partial charge in [0.15, 0.2) is 0 Å². The summed E-state index contributed by atoms with van der Waals surface area (Å²) in [5.74, 6) is 1.06. The van der Waals surface area contributed by atoms with E-state index >= 15 is 0 Å². The van der Waals surface area contributed by atoms with E-state index in [0.717, 1.165) is 10.0 Å². The first-order chi connectivity index (χ1) is 8.03. The summed E-state index contributed by atoms with van der Waals surface area (Å²) in [5.41, 5.74) is 6.16. The zero-order valence-electron chi connectivity index (χ0n) is 9.64. The predicted molar refractivity (Wildman–Crippen MR) is 67.3 cm³/mol. The van der Waals surface area contributed by atoms with E-state index in [1.807, 2.05) is 19.9 Å². The molecule has 2 rings (SSSR count). The average molecular weight is 297 g/mol. The Balaban J connectivity index is 2.36. The number of halogens is 1. The summed E-state index contributed by atoms with van der Waals surface area (Å²) in [6.07, 6.45) is 3.39. The molecule has 0 aliphatic carbocycles. The van der Waals surface area contributed by atoms with Crippen LogP contribution < -0.4 is 5.73 Å². The van der Waals surface area contributed by atoms with Crippen molar-refractivity contribution >= 4 is 15.9 Å². The lowest BCUT2D eigenvalue weighted by atomic mass is 9.94. The Bertz CT molecular complexity index is 524. The molecule has 6 heteroatoms. The van der Waals surface area contributed by atoms with E-state index in [9.17, 15) is 0 Å². The Labute approximate surface area is 108 Å². The van der Waals surface area contributed by atoms with E-state index in [1.165, 1.54) is 0 Å². The summed E-state index contributed by atoms with van der Waals surface area (Å²) in [7, 11) is 0. The molecule has 2 aromatic rings. The number of rotatable bonds is 3. The Morgan fingerprint density at radius 3 is 2.82 bits per heavy atom. The molecule has 2 N–H and O–H groups in total. The monoisotopic (exact) mass is 296 g/mol. The Morgan fingerprint density at radius 2 is 2.18 bits per heavy atom. The van der Waals surface area contributed by atoms with E-state index in [1.54, 1.807) is 12.4 Å². The third-order valence-corrected chi connectivity index (χ3v) is 2.91. The highest BCUT2D eigenvalue weighted by Crippen LogP contribution is 2.24. The molecule has 0 bridgehead atoms. The van der Waals surface area contributed by atoms with Crippen LogP contribution in [0.15, 0.2) is 27.5 Å². The topological polar surface area (TPSA) is 77.8 Å². The van der Waals surface area contributed by atoms with Gasteiger partial charge < -0.3 is 10.3 Å². The van der Waals surface area contributed by atoms with Gasteiger partial charge in [-0.1, -0.05) is 5.16 Å². The van der Waals surface area contributed by atoms with Gasteiger partial charge >= 0.3 is 0 Å². The fraction of sp³-hybridized carbons (Fsp3) is 0.364. The van der Waals surface area contributed by atoms with Gasteiger partial charge in [-0.25, -0.2) is 0 Å². The third kappa shape index (κ3) is 2.53. The van der Waals surface area contributed by atoms with Gasteiger partial charge in [0, 0.05) is 29.0 Å². The largest absolute Gasteiger partial charge is 0.338 e. The van der Waals surface area contributed by atoms with Gasteiger partial charge in [-0.15, -0.1) is 0 Å². The second-order valence-corrected chi connectivity index (χ2v) is 5.32. The highest BCUT2D eigenvalue weighted by molar-refractivity contribution is 9.10. The van der Waals surface area contributed by atoms with Crippen molar-refractivity contribution < 1.29 is 4.52 Å². The molecule has 2 aromatic heterocycles. The lowest BCUT2D eigenvalue weighted by Crippen LogP contribution is -2.28. The molecule has 0 aliphatic heterocycles. The quantitative estimate of drug-likeness (QED) is 0.939. The maximum Gasteiger partial charge on any atom is 0.233 e. The fourth-order valence-corrected chi connectivity index (χ4v) is 1.60. The van der Waals surface area contributed by atoms with Crippen LogP contribution in [0.1, 0.15) is 19.7 Å². The Kier molecular flexibility index (Phi) is 3.26. The summed E-state index contributed by atoms with van der Waals surface area (Å²) in [4.78, 5) is 8.40. The first kappa shape index (κ1) is 12.2. The average Bonchev–Trinajstić information content (AvgIpc) is 2.79. The molecular weight excluding hydrogens is 284 g/mol. The summed E-state index contributed by atoms with van der Waals surface area (Å²) < 4.78 is 6.10. The minimum absolute atomic E-state index is 0.315. The van der Waals surface area contributed by atoms with Crippen LogP contribution in [-0.4, -0.2) is 21.7 Å². The number of pyridine rings is 1. The van der Waals surface area contributed by atoms with Crippen LogP contribution in [-0.2, 0) is 5.41 Å². The summed E-state index contributed by atoms with van der Waals surface area (Å²) in [5, 5.41) is 3.94. The first-order valence-corrected chi connectivity index (χ1v) is 5.97. The maximum absolute atomic E-state index is 5.66. The molecule has 0 saturated carbocycles. The van der Waals surface area contributed by atoms with Gasteiger partial charge in [-0.05, 0) is 35.8 Å². The van der Waals surface area contributed by atoms with Crippen molar-refractivity contribution in [2.24, 2.45) is 5.73 Å².